The Balaban J connectivity index is 2.38. The second-order valence-electron chi connectivity index (χ2n) is 4.45. The Morgan fingerprint density at radius 1 is 1.46 bits per heavy atom. The molecular weight excluding hydrogens is 168 g/mol. The molecule has 74 valence electrons. The number of aliphatic hydroxyl groups is 1. The maximum absolute atomic E-state index is 9.63. The summed E-state index contributed by atoms with van der Waals surface area (Å²) in [5, 5.41) is 23.0. The van der Waals surface area contributed by atoms with Gasteiger partial charge in [-0.2, -0.15) is 5.21 Å². The highest BCUT2D eigenvalue weighted by molar-refractivity contribution is 4.82. The zero-order valence-corrected chi connectivity index (χ0v) is 8.28. The van der Waals surface area contributed by atoms with E-state index in [0.29, 0.717) is 12.2 Å². The fourth-order valence-corrected chi connectivity index (χ4v) is 1.26. The van der Waals surface area contributed by atoms with Crippen LogP contribution in [-0.2, 0) is 6.42 Å². The van der Waals surface area contributed by atoms with Gasteiger partial charge in [-0.25, -0.2) is 0 Å². The molecular formula is C8H16N4O. The molecule has 0 spiro atoms. The molecule has 1 atom stereocenters. The third-order valence-corrected chi connectivity index (χ3v) is 1.66. The summed E-state index contributed by atoms with van der Waals surface area (Å²) in [6, 6.07) is 0. The number of hydrogen-bond acceptors (Lipinski definition) is 4. The minimum absolute atomic E-state index is 0.128. The number of hydrogen-bond donors (Lipinski definition) is 2. The molecule has 0 bridgehead atoms. The molecule has 1 aromatic rings. The zero-order chi connectivity index (χ0) is 9.90. The van der Waals surface area contributed by atoms with Crippen molar-refractivity contribution in [2.45, 2.75) is 39.7 Å². The molecule has 0 aliphatic heterocycles. The third-order valence-electron chi connectivity index (χ3n) is 1.66. The van der Waals surface area contributed by atoms with Crippen LogP contribution in [0.5, 0.6) is 0 Å². The number of aromatic nitrogens is 4. The van der Waals surface area contributed by atoms with Gasteiger partial charge in [-0.3, -0.25) is 0 Å². The van der Waals surface area contributed by atoms with Crippen molar-refractivity contribution in [1.29, 1.82) is 0 Å². The summed E-state index contributed by atoms with van der Waals surface area (Å²) >= 11 is 0. The minimum Gasteiger partial charge on any atom is -0.393 e. The second kappa shape index (κ2) is 3.83. The van der Waals surface area contributed by atoms with E-state index in [1.165, 1.54) is 0 Å². The Morgan fingerprint density at radius 2 is 2.15 bits per heavy atom. The number of tetrazole rings is 1. The lowest BCUT2D eigenvalue weighted by atomic mass is 9.88. The number of rotatable bonds is 3. The highest BCUT2D eigenvalue weighted by Gasteiger charge is 2.18. The number of nitrogens with zero attached hydrogens (tertiary/aromatic N) is 3. The van der Waals surface area contributed by atoms with Crippen LogP contribution in [0.25, 0.3) is 0 Å². The van der Waals surface area contributed by atoms with Crippen molar-refractivity contribution in [1.82, 2.24) is 20.6 Å². The van der Waals surface area contributed by atoms with Gasteiger partial charge in [-0.15, -0.1) is 10.2 Å². The van der Waals surface area contributed by atoms with E-state index in [0.717, 1.165) is 6.42 Å². The summed E-state index contributed by atoms with van der Waals surface area (Å²) in [5.74, 6) is 0.566. The van der Waals surface area contributed by atoms with Gasteiger partial charge in [0.05, 0.1) is 6.10 Å². The van der Waals surface area contributed by atoms with Crippen LogP contribution < -0.4 is 0 Å². The van der Waals surface area contributed by atoms with E-state index in [9.17, 15) is 5.11 Å². The standard InChI is InChI=1S/C8H16N4O/c1-8(2,3)5-6(13)4-7-9-11-12-10-7/h6,13H,4-5H2,1-3H3,(H,9,10,11,12). The largest absolute Gasteiger partial charge is 0.393 e. The van der Waals surface area contributed by atoms with Crippen molar-refractivity contribution in [2.75, 3.05) is 0 Å². The molecule has 0 radical (unpaired) electrons. The average Bonchev–Trinajstić information content (AvgIpc) is 2.34. The molecule has 13 heavy (non-hydrogen) atoms. The van der Waals surface area contributed by atoms with Crippen molar-refractivity contribution in [3.8, 4) is 0 Å². The van der Waals surface area contributed by atoms with Crippen molar-refractivity contribution in [3.05, 3.63) is 5.82 Å². The van der Waals surface area contributed by atoms with Gasteiger partial charge in [-0.1, -0.05) is 26.0 Å². The van der Waals surface area contributed by atoms with E-state index < -0.39 is 6.10 Å². The van der Waals surface area contributed by atoms with Gasteiger partial charge < -0.3 is 5.11 Å². The molecule has 1 unspecified atom stereocenters. The van der Waals surface area contributed by atoms with E-state index in [4.69, 9.17) is 0 Å². The zero-order valence-electron chi connectivity index (χ0n) is 8.28. The average molecular weight is 184 g/mol. The highest BCUT2D eigenvalue weighted by Crippen LogP contribution is 2.21. The Labute approximate surface area is 77.6 Å². The Morgan fingerprint density at radius 3 is 2.62 bits per heavy atom. The van der Waals surface area contributed by atoms with Crippen LogP contribution in [0.4, 0.5) is 0 Å². The summed E-state index contributed by atoms with van der Waals surface area (Å²) in [4.78, 5) is 0. The molecule has 0 aliphatic carbocycles. The first-order chi connectivity index (χ1) is 5.97. The lowest BCUT2D eigenvalue weighted by molar-refractivity contribution is 0.119. The predicted octanol–water partition coefficient (Wildman–Crippen LogP) is 0.539. The topological polar surface area (TPSA) is 74.7 Å². The highest BCUT2D eigenvalue weighted by atomic mass is 16.3. The molecule has 1 heterocycles. The van der Waals surface area contributed by atoms with Gasteiger partial charge in [0.2, 0.25) is 0 Å². The predicted molar refractivity (Wildman–Crippen MR) is 48.0 cm³/mol. The monoisotopic (exact) mass is 184 g/mol. The summed E-state index contributed by atoms with van der Waals surface area (Å²) in [6.07, 6.45) is 0.813. The first-order valence-corrected chi connectivity index (χ1v) is 4.38. The number of aromatic amines is 1. The molecule has 0 aromatic carbocycles. The maximum atomic E-state index is 9.63. The van der Waals surface area contributed by atoms with Crippen molar-refractivity contribution in [3.63, 3.8) is 0 Å². The summed E-state index contributed by atoms with van der Waals surface area (Å²) < 4.78 is 0. The summed E-state index contributed by atoms with van der Waals surface area (Å²) in [7, 11) is 0. The first-order valence-electron chi connectivity index (χ1n) is 4.38. The van der Waals surface area contributed by atoms with Crippen molar-refractivity contribution in [2.24, 2.45) is 5.41 Å². The first kappa shape index (κ1) is 10.1. The van der Waals surface area contributed by atoms with Crippen LogP contribution in [0, 0.1) is 5.41 Å². The third kappa shape index (κ3) is 3.98. The van der Waals surface area contributed by atoms with Gasteiger partial charge in [0.15, 0.2) is 5.82 Å². The van der Waals surface area contributed by atoms with E-state index in [1.54, 1.807) is 0 Å². The molecule has 1 aromatic heterocycles. The van der Waals surface area contributed by atoms with Gasteiger partial charge in [0.1, 0.15) is 0 Å². The molecule has 0 saturated carbocycles. The van der Waals surface area contributed by atoms with Gasteiger partial charge in [0, 0.05) is 6.42 Å². The maximum Gasteiger partial charge on any atom is 0.177 e. The Hall–Kier alpha value is -0.970. The van der Waals surface area contributed by atoms with Crippen molar-refractivity contribution >= 4 is 0 Å². The molecule has 2 N–H and O–H groups in total. The second-order valence-corrected chi connectivity index (χ2v) is 4.45. The summed E-state index contributed by atoms with van der Waals surface area (Å²) in [5.41, 5.74) is 0.128. The Bertz CT molecular complexity index is 239. The molecule has 0 aliphatic rings. The fraction of sp³-hybridized carbons (Fsp3) is 0.875. The quantitative estimate of drug-likeness (QED) is 0.719. The van der Waals surface area contributed by atoms with Gasteiger partial charge >= 0.3 is 0 Å². The van der Waals surface area contributed by atoms with Crippen molar-refractivity contribution < 1.29 is 5.11 Å². The molecule has 1 rings (SSSR count). The lowest BCUT2D eigenvalue weighted by Gasteiger charge is -2.21. The van der Waals surface area contributed by atoms with Crippen LogP contribution in [0.2, 0.25) is 0 Å². The minimum atomic E-state index is -0.391. The van der Waals surface area contributed by atoms with Gasteiger partial charge in [-0.05, 0) is 11.8 Å². The number of aliphatic hydroxyl groups excluding tert-OH is 1. The van der Waals surface area contributed by atoms with Crippen LogP contribution in [-0.4, -0.2) is 31.8 Å². The normalized spacial score (nSPS) is 14.5. The number of H-pyrrole nitrogens is 1. The van der Waals surface area contributed by atoms with Gasteiger partial charge in [0.25, 0.3) is 0 Å². The van der Waals surface area contributed by atoms with Crippen LogP contribution in [0.15, 0.2) is 0 Å². The van der Waals surface area contributed by atoms with E-state index in [1.807, 2.05) is 0 Å². The molecule has 5 nitrogen and oxygen atoms in total. The lowest BCUT2D eigenvalue weighted by Crippen LogP contribution is -2.20. The Kier molecular flexibility index (Phi) is 2.98. The molecule has 0 saturated heterocycles. The molecule has 0 amide bonds. The van der Waals surface area contributed by atoms with E-state index in [2.05, 4.69) is 41.4 Å². The van der Waals surface area contributed by atoms with E-state index in [-0.39, 0.29) is 5.41 Å². The fourth-order valence-electron chi connectivity index (χ4n) is 1.26. The SMILES string of the molecule is CC(C)(C)CC(O)Cc1nn[nH]n1. The summed E-state index contributed by atoms with van der Waals surface area (Å²) in [6.45, 7) is 6.27. The van der Waals surface area contributed by atoms with Crippen LogP contribution in [0.1, 0.15) is 33.0 Å². The van der Waals surface area contributed by atoms with E-state index >= 15 is 0 Å². The number of nitrogens with one attached hydrogen (secondary N) is 1. The molecule has 5 heteroatoms. The van der Waals surface area contributed by atoms with Crippen LogP contribution in [0.3, 0.4) is 0 Å². The van der Waals surface area contributed by atoms with Crippen LogP contribution >= 0.6 is 0 Å². The smallest absolute Gasteiger partial charge is 0.177 e. The molecule has 0 fully saturated rings.